The molecule has 3 aromatic rings. The maximum absolute atomic E-state index is 14.2. The Kier molecular flexibility index (Phi) is 7.63. The third-order valence-electron chi connectivity index (χ3n) is 7.49. The summed E-state index contributed by atoms with van der Waals surface area (Å²) in [7, 11) is 0. The van der Waals surface area contributed by atoms with Crippen LogP contribution >= 0.6 is 23.2 Å². The van der Waals surface area contributed by atoms with Gasteiger partial charge in [-0.05, 0) is 62.7 Å². The summed E-state index contributed by atoms with van der Waals surface area (Å²) in [6, 6.07) is 12.3. The lowest BCUT2D eigenvalue weighted by Crippen LogP contribution is -2.58. The number of anilines is 1. The van der Waals surface area contributed by atoms with Crippen LogP contribution in [0.1, 0.15) is 31.7 Å². The van der Waals surface area contributed by atoms with E-state index < -0.39 is 0 Å². The molecule has 2 fully saturated rings. The van der Waals surface area contributed by atoms with E-state index in [4.69, 9.17) is 23.2 Å². The number of nitrogens with one attached hydrogen (secondary N) is 1. The van der Waals surface area contributed by atoms with Gasteiger partial charge in [0.1, 0.15) is 11.6 Å². The molecule has 1 atom stereocenters. The zero-order valence-corrected chi connectivity index (χ0v) is 21.6. The molecule has 35 heavy (non-hydrogen) atoms. The summed E-state index contributed by atoms with van der Waals surface area (Å²) in [5.74, 6) is 0.623. The van der Waals surface area contributed by atoms with Crippen molar-refractivity contribution in [3.8, 4) is 11.4 Å². The molecule has 3 heterocycles. The van der Waals surface area contributed by atoms with Gasteiger partial charge >= 0.3 is 0 Å². The average Bonchev–Trinajstić information content (AvgIpc) is 3.41. The first kappa shape index (κ1) is 24.6. The first-order valence-electron chi connectivity index (χ1n) is 12.5. The van der Waals surface area contributed by atoms with Crippen LogP contribution in [0.15, 0.2) is 48.8 Å². The fourth-order valence-electron chi connectivity index (χ4n) is 5.57. The lowest BCUT2D eigenvalue weighted by atomic mass is 9.97. The van der Waals surface area contributed by atoms with Crippen LogP contribution in [-0.2, 0) is 6.54 Å². The van der Waals surface area contributed by atoms with Crippen LogP contribution in [0, 0.1) is 5.82 Å². The quantitative estimate of drug-likeness (QED) is 0.431. The van der Waals surface area contributed by atoms with Crippen LogP contribution in [0.3, 0.4) is 0 Å². The highest BCUT2D eigenvalue weighted by atomic mass is 35.5. The van der Waals surface area contributed by atoms with Gasteiger partial charge in [-0.3, -0.25) is 9.80 Å². The zero-order chi connectivity index (χ0) is 24.4. The van der Waals surface area contributed by atoms with Crippen LogP contribution < -0.4 is 4.90 Å². The van der Waals surface area contributed by atoms with Crippen LogP contribution in [0.2, 0.25) is 10.0 Å². The molecule has 0 amide bonds. The number of rotatable bonds is 6. The SMILES string of the molecule is CC[C@H]1CN(c2ccc(-c3ncc[nH]3)cc2Cl)CCN1C1CCN(Cc2ccc(Cl)cc2F)CC1. The molecule has 5 rings (SSSR count). The first-order valence-corrected chi connectivity index (χ1v) is 13.2. The Bertz CT molecular complexity index is 1130. The lowest BCUT2D eigenvalue weighted by Gasteiger charge is -2.48. The van der Waals surface area contributed by atoms with Gasteiger partial charge < -0.3 is 9.88 Å². The van der Waals surface area contributed by atoms with Crippen molar-refractivity contribution in [3.05, 3.63) is 70.2 Å². The molecular weight excluding hydrogens is 484 g/mol. The molecular formula is C27H32Cl2FN5. The molecule has 0 unspecified atom stereocenters. The summed E-state index contributed by atoms with van der Waals surface area (Å²) in [6.07, 6.45) is 6.91. The van der Waals surface area contributed by atoms with E-state index in [9.17, 15) is 4.39 Å². The lowest BCUT2D eigenvalue weighted by molar-refractivity contribution is 0.0609. The number of H-pyrrole nitrogens is 1. The fourth-order valence-corrected chi connectivity index (χ4v) is 6.02. The number of hydrogen-bond acceptors (Lipinski definition) is 4. The summed E-state index contributed by atoms with van der Waals surface area (Å²) in [4.78, 5) is 15.0. The van der Waals surface area contributed by atoms with Gasteiger partial charge in [0.2, 0.25) is 0 Å². The van der Waals surface area contributed by atoms with E-state index in [0.29, 0.717) is 23.7 Å². The molecule has 2 aliphatic heterocycles. The average molecular weight is 516 g/mol. The van der Waals surface area contributed by atoms with Gasteiger partial charge in [0, 0.05) is 66.8 Å². The van der Waals surface area contributed by atoms with E-state index in [1.54, 1.807) is 12.3 Å². The number of piperazine rings is 1. The monoisotopic (exact) mass is 515 g/mol. The number of imidazole rings is 1. The summed E-state index contributed by atoms with van der Waals surface area (Å²) in [5.41, 5.74) is 2.82. The van der Waals surface area contributed by atoms with Gasteiger partial charge in [0.05, 0.1) is 10.7 Å². The van der Waals surface area contributed by atoms with Gasteiger partial charge in [-0.15, -0.1) is 0 Å². The molecule has 2 saturated heterocycles. The standard InChI is InChI=1S/C27H32Cl2FN5/c1-2-22-18-34(26-6-4-19(15-24(26)29)27-31-9-10-32-27)13-14-35(22)23-7-11-33(12-8-23)17-20-3-5-21(28)16-25(20)30/h3-6,9-10,15-16,22-23H,2,7-8,11-14,17-18H2,1H3,(H,31,32)/t22-/m0/s1. The van der Waals surface area contributed by atoms with Gasteiger partial charge in [0.25, 0.3) is 0 Å². The minimum absolute atomic E-state index is 0.211. The Hall–Kier alpha value is -2.12. The second-order valence-electron chi connectivity index (χ2n) is 9.59. The number of halogens is 3. The minimum Gasteiger partial charge on any atom is -0.367 e. The van der Waals surface area contributed by atoms with E-state index in [1.807, 2.05) is 18.3 Å². The van der Waals surface area contributed by atoms with Crippen molar-refractivity contribution in [1.82, 2.24) is 19.8 Å². The predicted molar refractivity (Wildman–Crippen MR) is 142 cm³/mol. The van der Waals surface area contributed by atoms with Crippen molar-refractivity contribution in [3.63, 3.8) is 0 Å². The molecule has 1 aromatic heterocycles. The third kappa shape index (κ3) is 5.51. The van der Waals surface area contributed by atoms with Gasteiger partial charge in [-0.2, -0.15) is 0 Å². The molecule has 5 nitrogen and oxygen atoms in total. The molecule has 8 heteroatoms. The molecule has 0 aliphatic carbocycles. The maximum Gasteiger partial charge on any atom is 0.137 e. The normalized spacial score (nSPS) is 20.5. The Balaban J connectivity index is 1.19. The second-order valence-corrected chi connectivity index (χ2v) is 10.4. The van der Waals surface area contributed by atoms with Crippen LogP contribution in [0.4, 0.5) is 10.1 Å². The second kappa shape index (κ2) is 10.9. The van der Waals surface area contributed by atoms with Crippen molar-refractivity contribution in [1.29, 1.82) is 0 Å². The van der Waals surface area contributed by atoms with Crippen molar-refractivity contribution >= 4 is 28.9 Å². The van der Waals surface area contributed by atoms with Crippen molar-refractivity contribution in [2.45, 2.75) is 44.8 Å². The highest BCUT2D eigenvalue weighted by Gasteiger charge is 2.33. The molecule has 1 N–H and O–H groups in total. The topological polar surface area (TPSA) is 38.4 Å². The number of benzene rings is 2. The zero-order valence-electron chi connectivity index (χ0n) is 20.1. The molecule has 2 aliphatic rings. The highest BCUT2D eigenvalue weighted by Crippen LogP contribution is 2.33. The summed E-state index contributed by atoms with van der Waals surface area (Å²) < 4.78 is 14.2. The summed E-state index contributed by atoms with van der Waals surface area (Å²) in [6.45, 7) is 7.88. The summed E-state index contributed by atoms with van der Waals surface area (Å²) >= 11 is 12.6. The van der Waals surface area contributed by atoms with Crippen LogP contribution in [0.25, 0.3) is 11.4 Å². The number of likely N-dealkylation sites (tertiary alicyclic amines) is 1. The molecule has 2 aromatic carbocycles. The molecule has 186 valence electrons. The molecule has 0 bridgehead atoms. The van der Waals surface area contributed by atoms with E-state index in [-0.39, 0.29) is 5.82 Å². The Labute approximate surface area is 216 Å². The Morgan fingerprint density at radius 3 is 2.57 bits per heavy atom. The largest absolute Gasteiger partial charge is 0.367 e. The van der Waals surface area contributed by atoms with Crippen LogP contribution in [-0.4, -0.2) is 64.6 Å². The van der Waals surface area contributed by atoms with Crippen molar-refractivity contribution in [2.75, 3.05) is 37.6 Å². The number of nitrogens with zero attached hydrogens (tertiary/aromatic N) is 4. The molecule has 0 spiro atoms. The molecule has 0 saturated carbocycles. The van der Waals surface area contributed by atoms with Crippen molar-refractivity contribution < 1.29 is 4.39 Å². The van der Waals surface area contributed by atoms with E-state index in [0.717, 1.165) is 79.6 Å². The smallest absolute Gasteiger partial charge is 0.137 e. The van der Waals surface area contributed by atoms with E-state index >= 15 is 0 Å². The van der Waals surface area contributed by atoms with Gasteiger partial charge in [0.15, 0.2) is 0 Å². The number of aromatic amines is 1. The predicted octanol–water partition coefficient (Wildman–Crippen LogP) is 6.09. The van der Waals surface area contributed by atoms with Crippen LogP contribution in [0.5, 0.6) is 0 Å². The number of aromatic nitrogens is 2. The minimum atomic E-state index is -0.211. The van der Waals surface area contributed by atoms with E-state index in [1.165, 1.54) is 6.07 Å². The Morgan fingerprint density at radius 2 is 1.89 bits per heavy atom. The van der Waals surface area contributed by atoms with Gasteiger partial charge in [-0.1, -0.05) is 36.2 Å². The van der Waals surface area contributed by atoms with E-state index in [2.05, 4.69) is 43.7 Å². The Morgan fingerprint density at radius 1 is 1.06 bits per heavy atom. The third-order valence-corrected chi connectivity index (χ3v) is 8.03. The maximum atomic E-state index is 14.2. The van der Waals surface area contributed by atoms with Crippen molar-refractivity contribution in [2.24, 2.45) is 0 Å². The summed E-state index contributed by atoms with van der Waals surface area (Å²) in [5, 5.41) is 1.22. The first-order chi connectivity index (χ1) is 17.0. The van der Waals surface area contributed by atoms with Gasteiger partial charge in [-0.25, -0.2) is 9.37 Å². The number of hydrogen-bond donors (Lipinski definition) is 1. The number of piperidine rings is 1. The highest BCUT2D eigenvalue weighted by molar-refractivity contribution is 6.33. The fraction of sp³-hybridized carbons (Fsp3) is 0.444. The molecule has 0 radical (unpaired) electrons.